The van der Waals surface area contributed by atoms with Gasteiger partial charge in [-0.1, -0.05) is 6.07 Å². The van der Waals surface area contributed by atoms with E-state index in [-0.39, 0.29) is 24.8 Å². The first-order valence-electron chi connectivity index (χ1n) is 4.68. The SMILES string of the molecule is COc1ccc(CN)cc1CN(C)C.Cl.Cl. The van der Waals surface area contributed by atoms with Crippen molar-refractivity contribution >= 4 is 24.8 Å². The van der Waals surface area contributed by atoms with Crippen molar-refractivity contribution in [2.24, 2.45) is 5.73 Å². The summed E-state index contributed by atoms with van der Waals surface area (Å²) in [6, 6.07) is 6.07. The van der Waals surface area contributed by atoms with Gasteiger partial charge in [0.15, 0.2) is 0 Å². The Labute approximate surface area is 110 Å². The molecule has 0 aliphatic heterocycles. The summed E-state index contributed by atoms with van der Waals surface area (Å²) >= 11 is 0. The van der Waals surface area contributed by atoms with Gasteiger partial charge in [-0.25, -0.2) is 0 Å². The average molecular weight is 267 g/mol. The largest absolute Gasteiger partial charge is 0.496 e. The Hall–Kier alpha value is -0.480. The highest BCUT2D eigenvalue weighted by Crippen LogP contribution is 2.20. The summed E-state index contributed by atoms with van der Waals surface area (Å²) in [7, 11) is 5.76. The Morgan fingerprint density at radius 3 is 2.31 bits per heavy atom. The minimum Gasteiger partial charge on any atom is -0.496 e. The fraction of sp³-hybridized carbons (Fsp3) is 0.455. The van der Waals surface area contributed by atoms with E-state index in [1.165, 1.54) is 5.56 Å². The maximum Gasteiger partial charge on any atom is 0.123 e. The Morgan fingerprint density at radius 1 is 1.25 bits per heavy atom. The predicted molar refractivity (Wildman–Crippen MR) is 72.8 cm³/mol. The fourth-order valence-electron chi connectivity index (χ4n) is 1.42. The minimum atomic E-state index is 0. The highest BCUT2D eigenvalue weighted by atomic mass is 35.5. The lowest BCUT2D eigenvalue weighted by Crippen LogP contribution is -2.12. The molecule has 0 saturated heterocycles. The van der Waals surface area contributed by atoms with E-state index >= 15 is 0 Å². The van der Waals surface area contributed by atoms with E-state index in [2.05, 4.69) is 11.0 Å². The smallest absolute Gasteiger partial charge is 0.123 e. The second-order valence-corrected chi connectivity index (χ2v) is 3.59. The topological polar surface area (TPSA) is 38.5 Å². The first-order chi connectivity index (χ1) is 6.67. The molecule has 0 aliphatic rings. The monoisotopic (exact) mass is 266 g/mol. The molecule has 0 aliphatic carbocycles. The highest BCUT2D eigenvalue weighted by Gasteiger charge is 2.04. The molecule has 0 atom stereocenters. The van der Waals surface area contributed by atoms with Crippen molar-refractivity contribution in [3.63, 3.8) is 0 Å². The zero-order valence-corrected chi connectivity index (χ0v) is 11.5. The van der Waals surface area contributed by atoms with Crippen molar-refractivity contribution in [1.82, 2.24) is 4.90 Å². The molecule has 0 fully saturated rings. The van der Waals surface area contributed by atoms with Crippen LogP contribution in [0.25, 0.3) is 0 Å². The van der Waals surface area contributed by atoms with Gasteiger partial charge in [0.05, 0.1) is 7.11 Å². The summed E-state index contributed by atoms with van der Waals surface area (Å²) in [6.45, 7) is 1.45. The highest BCUT2D eigenvalue weighted by molar-refractivity contribution is 5.85. The maximum atomic E-state index is 5.59. The summed E-state index contributed by atoms with van der Waals surface area (Å²) in [4.78, 5) is 2.11. The zero-order valence-electron chi connectivity index (χ0n) is 9.90. The molecule has 0 heterocycles. The van der Waals surface area contributed by atoms with Crippen LogP contribution in [0.5, 0.6) is 5.75 Å². The van der Waals surface area contributed by atoms with Crippen molar-refractivity contribution in [3.8, 4) is 5.75 Å². The lowest BCUT2D eigenvalue weighted by atomic mass is 10.1. The molecule has 0 spiro atoms. The average Bonchev–Trinajstić information content (AvgIpc) is 2.16. The molecule has 1 rings (SSSR count). The number of nitrogens with zero attached hydrogens (tertiary/aromatic N) is 1. The lowest BCUT2D eigenvalue weighted by Gasteiger charge is -2.14. The van der Waals surface area contributed by atoms with Crippen molar-refractivity contribution in [2.45, 2.75) is 13.1 Å². The molecule has 0 saturated carbocycles. The number of hydrogen-bond donors (Lipinski definition) is 1. The molecule has 2 N–H and O–H groups in total. The molecule has 5 heteroatoms. The number of benzene rings is 1. The predicted octanol–water partition coefficient (Wildman–Crippen LogP) is 2.06. The van der Waals surface area contributed by atoms with E-state index < -0.39 is 0 Å². The third kappa shape index (κ3) is 5.03. The van der Waals surface area contributed by atoms with Gasteiger partial charge in [-0.2, -0.15) is 0 Å². The fourth-order valence-corrected chi connectivity index (χ4v) is 1.42. The number of nitrogens with two attached hydrogens (primary N) is 1. The quantitative estimate of drug-likeness (QED) is 0.907. The Morgan fingerprint density at radius 2 is 1.88 bits per heavy atom. The van der Waals surface area contributed by atoms with E-state index in [1.807, 2.05) is 26.2 Å². The third-order valence-corrected chi connectivity index (χ3v) is 2.07. The van der Waals surface area contributed by atoms with Gasteiger partial charge in [0, 0.05) is 18.7 Å². The number of hydrogen-bond acceptors (Lipinski definition) is 3. The van der Waals surface area contributed by atoms with E-state index in [9.17, 15) is 0 Å². The van der Waals surface area contributed by atoms with Gasteiger partial charge < -0.3 is 15.4 Å². The molecule has 0 amide bonds. The molecule has 1 aromatic carbocycles. The van der Waals surface area contributed by atoms with Crippen LogP contribution in [0.15, 0.2) is 18.2 Å². The Balaban J connectivity index is 0. The van der Waals surface area contributed by atoms with Crippen molar-refractivity contribution in [3.05, 3.63) is 29.3 Å². The molecule has 0 radical (unpaired) electrons. The van der Waals surface area contributed by atoms with Gasteiger partial charge >= 0.3 is 0 Å². The van der Waals surface area contributed by atoms with Crippen molar-refractivity contribution < 1.29 is 4.74 Å². The summed E-state index contributed by atoms with van der Waals surface area (Å²) in [5.41, 5.74) is 7.91. The van der Waals surface area contributed by atoms with E-state index in [0.29, 0.717) is 6.54 Å². The normalized spacial score (nSPS) is 9.31. The van der Waals surface area contributed by atoms with Crippen LogP contribution in [0, 0.1) is 0 Å². The molecule has 0 unspecified atom stereocenters. The number of halogens is 2. The maximum absolute atomic E-state index is 5.59. The first-order valence-corrected chi connectivity index (χ1v) is 4.68. The molecule has 94 valence electrons. The molecule has 1 aromatic rings. The molecular formula is C11H20Cl2N2O. The van der Waals surface area contributed by atoms with Gasteiger partial charge in [-0.15, -0.1) is 24.8 Å². The first kappa shape index (κ1) is 17.9. The molecule has 3 nitrogen and oxygen atoms in total. The number of rotatable bonds is 4. The molecular weight excluding hydrogens is 247 g/mol. The summed E-state index contributed by atoms with van der Waals surface area (Å²) in [6.07, 6.45) is 0. The van der Waals surface area contributed by atoms with Crippen LogP contribution in [0.1, 0.15) is 11.1 Å². The summed E-state index contributed by atoms with van der Waals surface area (Å²) in [5, 5.41) is 0. The van der Waals surface area contributed by atoms with Crippen LogP contribution in [0.4, 0.5) is 0 Å². The van der Waals surface area contributed by atoms with Crippen molar-refractivity contribution in [2.75, 3.05) is 21.2 Å². The molecule has 16 heavy (non-hydrogen) atoms. The zero-order chi connectivity index (χ0) is 10.6. The van der Waals surface area contributed by atoms with Crippen LogP contribution < -0.4 is 10.5 Å². The van der Waals surface area contributed by atoms with Crippen LogP contribution in [-0.2, 0) is 13.1 Å². The third-order valence-electron chi connectivity index (χ3n) is 2.07. The van der Waals surface area contributed by atoms with Crippen molar-refractivity contribution in [1.29, 1.82) is 0 Å². The van der Waals surface area contributed by atoms with E-state index in [1.54, 1.807) is 7.11 Å². The number of ether oxygens (including phenoxy) is 1. The standard InChI is InChI=1S/C11H18N2O.2ClH/c1-13(2)8-10-6-9(7-12)4-5-11(10)14-3;;/h4-6H,7-8,12H2,1-3H3;2*1H. The van der Waals surface area contributed by atoms with Crippen LogP contribution >= 0.6 is 24.8 Å². The van der Waals surface area contributed by atoms with E-state index in [4.69, 9.17) is 10.5 Å². The second kappa shape index (κ2) is 8.65. The second-order valence-electron chi connectivity index (χ2n) is 3.59. The van der Waals surface area contributed by atoms with Crippen LogP contribution in [-0.4, -0.2) is 26.1 Å². The van der Waals surface area contributed by atoms with Crippen LogP contribution in [0.3, 0.4) is 0 Å². The summed E-state index contributed by atoms with van der Waals surface area (Å²) in [5.74, 6) is 0.927. The lowest BCUT2D eigenvalue weighted by molar-refractivity contribution is 0.371. The molecule has 0 aromatic heterocycles. The van der Waals surface area contributed by atoms with E-state index in [0.717, 1.165) is 17.9 Å². The number of methoxy groups -OCH3 is 1. The molecule has 0 bridgehead atoms. The van der Waals surface area contributed by atoms with Gasteiger partial charge in [-0.3, -0.25) is 0 Å². The van der Waals surface area contributed by atoms with Crippen LogP contribution in [0.2, 0.25) is 0 Å². The summed E-state index contributed by atoms with van der Waals surface area (Å²) < 4.78 is 5.28. The minimum absolute atomic E-state index is 0. The van der Waals surface area contributed by atoms with Gasteiger partial charge in [-0.05, 0) is 31.8 Å². The Kier molecular flexibility index (Phi) is 9.67. The van der Waals surface area contributed by atoms with Gasteiger partial charge in [0.1, 0.15) is 5.75 Å². The van der Waals surface area contributed by atoms with Gasteiger partial charge in [0.2, 0.25) is 0 Å². The Bertz CT molecular complexity index is 306. The van der Waals surface area contributed by atoms with Gasteiger partial charge in [0.25, 0.3) is 0 Å².